The maximum Gasteiger partial charge on any atom is 0.416 e. The van der Waals surface area contributed by atoms with Crippen molar-refractivity contribution in [2.45, 2.75) is 24.7 Å². The van der Waals surface area contributed by atoms with E-state index in [1.165, 1.54) is 6.20 Å². The first kappa shape index (κ1) is 25.4. The Hall–Kier alpha value is -2.74. The first-order chi connectivity index (χ1) is 16.7. The number of hydrogen-bond donors (Lipinski definition) is 1. The molecule has 2 nitrogen and oxygen atoms in total. The van der Waals surface area contributed by atoms with Crippen molar-refractivity contribution in [2.24, 2.45) is 0 Å². The zero-order valence-corrected chi connectivity index (χ0v) is 20.6. The van der Waals surface area contributed by atoms with Gasteiger partial charge in [0.2, 0.25) is 0 Å². The highest BCUT2D eigenvalue weighted by molar-refractivity contribution is 9.10. The van der Waals surface area contributed by atoms with Crippen molar-refractivity contribution in [3.05, 3.63) is 134 Å². The number of rotatable bonds is 7. The van der Waals surface area contributed by atoms with Gasteiger partial charge in [-0.3, -0.25) is 10.3 Å². The van der Waals surface area contributed by atoms with Gasteiger partial charge in [0, 0.05) is 23.6 Å². The Balaban J connectivity index is 1.93. The van der Waals surface area contributed by atoms with Gasteiger partial charge < -0.3 is 0 Å². The number of nitrogens with one attached hydrogen (secondary N) is 1. The molecule has 180 valence electrons. The Morgan fingerprint density at radius 3 is 2.20 bits per heavy atom. The van der Waals surface area contributed by atoms with Gasteiger partial charge in [0.05, 0.1) is 21.8 Å². The van der Waals surface area contributed by atoms with Gasteiger partial charge in [0.25, 0.3) is 0 Å². The van der Waals surface area contributed by atoms with Crippen LogP contribution in [0.25, 0.3) is 0 Å². The van der Waals surface area contributed by atoms with Crippen molar-refractivity contribution in [3.8, 4) is 0 Å². The van der Waals surface area contributed by atoms with Gasteiger partial charge in [0.1, 0.15) is 5.82 Å². The highest BCUT2D eigenvalue weighted by atomic mass is 79.9. The third kappa shape index (κ3) is 6.10. The third-order valence-electron chi connectivity index (χ3n) is 5.68. The third-order valence-corrected chi connectivity index (χ3v) is 6.39. The lowest BCUT2D eigenvalue weighted by molar-refractivity contribution is -0.137. The second kappa shape index (κ2) is 10.5. The standard InChI is InChI=1S/C27H20BrClF4N2/c28-22-8-4-7-19(11-22)16-35-26(15-18-5-2-1-3-6-18,25-10-9-23(29)17-34-25)20-12-21(27(31,32)33)14-24(30)13-20/h1-14,17,35H,15-16H2. The van der Waals surface area contributed by atoms with Crippen LogP contribution in [-0.2, 0) is 24.7 Å². The quantitative estimate of drug-likeness (QED) is 0.231. The summed E-state index contributed by atoms with van der Waals surface area (Å²) in [5.74, 6) is -0.981. The largest absolute Gasteiger partial charge is 0.416 e. The fourth-order valence-corrected chi connectivity index (χ4v) is 4.58. The molecule has 0 amide bonds. The van der Waals surface area contributed by atoms with Gasteiger partial charge in [-0.05, 0) is 59.2 Å². The van der Waals surface area contributed by atoms with E-state index in [0.717, 1.165) is 27.7 Å². The van der Waals surface area contributed by atoms with Crippen LogP contribution in [0.5, 0.6) is 0 Å². The van der Waals surface area contributed by atoms with E-state index >= 15 is 0 Å². The van der Waals surface area contributed by atoms with Gasteiger partial charge in [-0.15, -0.1) is 0 Å². The van der Waals surface area contributed by atoms with Crippen LogP contribution < -0.4 is 5.32 Å². The van der Waals surface area contributed by atoms with Crippen LogP contribution >= 0.6 is 27.5 Å². The lowest BCUT2D eigenvalue weighted by Gasteiger charge is -2.36. The lowest BCUT2D eigenvalue weighted by atomic mass is 9.79. The summed E-state index contributed by atoms with van der Waals surface area (Å²) >= 11 is 9.52. The molecular formula is C27H20BrClF4N2. The molecule has 3 aromatic carbocycles. The van der Waals surface area contributed by atoms with Crippen LogP contribution in [0.3, 0.4) is 0 Å². The monoisotopic (exact) mass is 562 g/mol. The van der Waals surface area contributed by atoms with E-state index in [-0.39, 0.29) is 18.5 Å². The average molecular weight is 564 g/mol. The van der Waals surface area contributed by atoms with Gasteiger partial charge in [-0.1, -0.05) is 70.0 Å². The van der Waals surface area contributed by atoms with Crippen molar-refractivity contribution in [2.75, 3.05) is 0 Å². The summed E-state index contributed by atoms with van der Waals surface area (Å²) < 4.78 is 56.6. The fraction of sp³-hybridized carbons (Fsp3) is 0.148. The fourth-order valence-electron chi connectivity index (χ4n) is 4.03. The summed E-state index contributed by atoms with van der Waals surface area (Å²) in [4.78, 5) is 4.47. The van der Waals surface area contributed by atoms with E-state index < -0.39 is 23.1 Å². The number of halogens is 6. The molecule has 4 aromatic rings. The van der Waals surface area contributed by atoms with Crippen LogP contribution in [0, 0.1) is 5.82 Å². The van der Waals surface area contributed by atoms with Gasteiger partial charge in [-0.25, -0.2) is 4.39 Å². The van der Waals surface area contributed by atoms with Crippen molar-refractivity contribution in [1.82, 2.24) is 10.3 Å². The molecule has 0 radical (unpaired) electrons. The topological polar surface area (TPSA) is 24.9 Å². The molecule has 1 aromatic heterocycles. The highest BCUT2D eigenvalue weighted by Crippen LogP contribution is 2.38. The molecule has 0 fully saturated rings. The Labute approximate surface area is 214 Å². The zero-order valence-electron chi connectivity index (χ0n) is 18.3. The zero-order chi connectivity index (χ0) is 25.1. The number of hydrogen-bond acceptors (Lipinski definition) is 2. The number of aromatic nitrogens is 1. The Kier molecular flexibility index (Phi) is 7.59. The molecule has 1 N–H and O–H groups in total. The molecule has 1 unspecified atom stereocenters. The van der Waals surface area contributed by atoms with Crippen LogP contribution in [0.1, 0.15) is 27.9 Å². The minimum absolute atomic E-state index is 0.110. The number of alkyl halides is 3. The minimum atomic E-state index is -4.72. The van der Waals surface area contributed by atoms with Crippen molar-refractivity contribution >= 4 is 27.5 Å². The van der Waals surface area contributed by atoms with E-state index in [4.69, 9.17) is 11.6 Å². The molecule has 0 saturated carbocycles. The number of benzene rings is 3. The van der Waals surface area contributed by atoms with Crippen molar-refractivity contribution in [3.63, 3.8) is 0 Å². The molecule has 8 heteroatoms. The maximum absolute atomic E-state index is 14.6. The second-order valence-electron chi connectivity index (χ2n) is 8.14. The van der Waals surface area contributed by atoms with Gasteiger partial charge >= 0.3 is 6.18 Å². The predicted octanol–water partition coefficient (Wildman–Crippen LogP) is 7.93. The van der Waals surface area contributed by atoms with E-state index in [1.807, 2.05) is 54.6 Å². The molecule has 0 aliphatic carbocycles. The van der Waals surface area contributed by atoms with Crippen LogP contribution in [0.4, 0.5) is 17.6 Å². The van der Waals surface area contributed by atoms with Crippen LogP contribution in [-0.4, -0.2) is 4.98 Å². The molecule has 0 aliphatic heterocycles. The summed E-state index contributed by atoms with van der Waals surface area (Å²) in [7, 11) is 0. The molecule has 0 bridgehead atoms. The normalized spacial score (nSPS) is 13.4. The summed E-state index contributed by atoms with van der Waals surface area (Å²) in [6, 6.07) is 22.7. The van der Waals surface area contributed by atoms with Crippen molar-refractivity contribution < 1.29 is 17.6 Å². The SMILES string of the molecule is Fc1cc(C(F)(F)F)cc(C(Cc2ccccc2)(NCc2cccc(Br)c2)c2ccc(Cl)cn2)c1. The Morgan fingerprint density at radius 2 is 1.54 bits per heavy atom. The second-order valence-corrected chi connectivity index (χ2v) is 9.49. The predicted molar refractivity (Wildman–Crippen MR) is 133 cm³/mol. The number of pyridine rings is 1. The van der Waals surface area contributed by atoms with E-state index in [9.17, 15) is 17.6 Å². The van der Waals surface area contributed by atoms with Gasteiger partial charge in [0.15, 0.2) is 0 Å². The van der Waals surface area contributed by atoms with Crippen LogP contribution in [0.2, 0.25) is 5.02 Å². The summed E-state index contributed by atoms with van der Waals surface area (Å²) in [5.41, 5.74) is -0.112. The first-order valence-corrected chi connectivity index (χ1v) is 11.9. The molecule has 0 spiro atoms. The molecule has 0 saturated heterocycles. The Bertz CT molecular complexity index is 1300. The van der Waals surface area contributed by atoms with E-state index in [2.05, 4.69) is 26.2 Å². The molecule has 4 rings (SSSR count). The smallest absolute Gasteiger partial charge is 0.298 e. The summed E-state index contributed by atoms with van der Waals surface area (Å²) in [5, 5.41) is 3.80. The van der Waals surface area contributed by atoms with Crippen LogP contribution in [0.15, 0.2) is 95.6 Å². The molecule has 35 heavy (non-hydrogen) atoms. The highest BCUT2D eigenvalue weighted by Gasteiger charge is 2.39. The molecule has 1 atom stereocenters. The van der Waals surface area contributed by atoms with E-state index in [0.29, 0.717) is 16.8 Å². The molecular weight excluding hydrogens is 544 g/mol. The van der Waals surface area contributed by atoms with Crippen molar-refractivity contribution in [1.29, 1.82) is 0 Å². The molecule has 0 aliphatic rings. The first-order valence-electron chi connectivity index (χ1n) is 10.7. The minimum Gasteiger partial charge on any atom is -0.298 e. The lowest BCUT2D eigenvalue weighted by Crippen LogP contribution is -2.46. The number of nitrogens with zero attached hydrogens (tertiary/aromatic N) is 1. The Morgan fingerprint density at radius 1 is 0.829 bits per heavy atom. The summed E-state index contributed by atoms with van der Waals surface area (Å²) in [6.45, 7) is 0.286. The van der Waals surface area contributed by atoms with Gasteiger partial charge in [-0.2, -0.15) is 13.2 Å². The maximum atomic E-state index is 14.6. The van der Waals surface area contributed by atoms with E-state index in [1.54, 1.807) is 12.1 Å². The summed E-state index contributed by atoms with van der Waals surface area (Å²) in [6.07, 6.45) is -3.06. The average Bonchev–Trinajstić information content (AvgIpc) is 2.82. The molecule has 1 heterocycles.